The molecule has 0 bridgehead atoms. The Kier molecular flexibility index (Phi) is 1.92. The van der Waals surface area contributed by atoms with E-state index in [1.807, 2.05) is 0 Å². The van der Waals surface area contributed by atoms with Crippen LogP contribution in [0.5, 0.6) is 0 Å². The molecule has 2 aliphatic heterocycles. The largest absolute Gasteiger partial charge is 0.311 e. The molecule has 0 aromatic heterocycles. The first-order valence-corrected chi connectivity index (χ1v) is 5.04. The molecule has 70 valence electrons. The van der Waals surface area contributed by atoms with Gasteiger partial charge in [0.05, 0.1) is 0 Å². The monoisotopic (exact) mass is 168 g/mol. The second-order valence-corrected chi connectivity index (χ2v) is 5.40. The van der Waals surface area contributed by atoms with Crippen molar-refractivity contribution in [2.75, 3.05) is 19.6 Å². The van der Waals surface area contributed by atoms with Crippen molar-refractivity contribution in [2.45, 2.75) is 39.3 Å². The van der Waals surface area contributed by atoms with Crippen LogP contribution in [0, 0.1) is 5.41 Å². The van der Waals surface area contributed by atoms with Gasteiger partial charge in [0, 0.05) is 31.7 Å². The minimum Gasteiger partial charge on any atom is -0.311 e. The molecular weight excluding hydrogens is 148 g/mol. The second-order valence-electron chi connectivity index (χ2n) is 5.40. The zero-order valence-corrected chi connectivity index (χ0v) is 8.43. The van der Waals surface area contributed by atoms with E-state index in [0.29, 0.717) is 5.41 Å². The van der Waals surface area contributed by atoms with E-state index in [1.165, 1.54) is 26.1 Å². The van der Waals surface area contributed by atoms with E-state index in [1.54, 1.807) is 0 Å². The van der Waals surface area contributed by atoms with Crippen LogP contribution in [0.1, 0.15) is 27.2 Å². The lowest BCUT2D eigenvalue weighted by molar-refractivity contribution is 0.130. The molecule has 0 aromatic carbocycles. The van der Waals surface area contributed by atoms with Gasteiger partial charge in [0.2, 0.25) is 0 Å². The SMILES string of the molecule is CC(C)(C)CN1CCC2NCC21. The van der Waals surface area contributed by atoms with Crippen LogP contribution in [0.2, 0.25) is 0 Å². The van der Waals surface area contributed by atoms with Crippen molar-refractivity contribution in [1.82, 2.24) is 10.2 Å². The number of hydrogen-bond donors (Lipinski definition) is 1. The van der Waals surface area contributed by atoms with Crippen molar-refractivity contribution in [2.24, 2.45) is 5.41 Å². The molecule has 0 radical (unpaired) electrons. The third-order valence-electron chi connectivity index (χ3n) is 2.93. The van der Waals surface area contributed by atoms with Gasteiger partial charge < -0.3 is 5.32 Å². The quantitative estimate of drug-likeness (QED) is 0.630. The third kappa shape index (κ3) is 1.50. The topological polar surface area (TPSA) is 15.3 Å². The lowest BCUT2D eigenvalue weighted by atomic mass is 9.94. The lowest BCUT2D eigenvalue weighted by Crippen LogP contribution is -2.60. The minimum atomic E-state index is 0.463. The molecule has 2 unspecified atom stereocenters. The van der Waals surface area contributed by atoms with Gasteiger partial charge in [0.1, 0.15) is 0 Å². The Labute approximate surface area is 75.3 Å². The molecule has 0 saturated carbocycles. The van der Waals surface area contributed by atoms with Crippen LogP contribution in [-0.4, -0.2) is 36.6 Å². The second kappa shape index (κ2) is 2.71. The number of nitrogens with zero attached hydrogens (tertiary/aromatic N) is 1. The van der Waals surface area contributed by atoms with Gasteiger partial charge in [-0.15, -0.1) is 0 Å². The Morgan fingerprint density at radius 3 is 2.58 bits per heavy atom. The zero-order chi connectivity index (χ0) is 8.77. The van der Waals surface area contributed by atoms with Gasteiger partial charge in [-0.2, -0.15) is 0 Å². The maximum absolute atomic E-state index is 3.48. The molecule has 2 atom stereocenters. The van der Waals surface area contributed by atoms with Gasteiger partial charge in [0.15, 0.2) is 0 Å². The van der Waals surface area contributed by atoms with E-state index in [4.69, 9.17) is 0 Å². The summed E-state index contributed by atoms with van der Waals surface area (Å²) < 4.78 is 0. The van der Waals surface area contributed by atoms with Gasteiger partial charge in [0.25, 0.3) is 0 Å². The molecule has 2 heteroatoms. The third-order valence-corrected chi connectivity index (χ3v) is 2.93. The van der Waals surface area contributed by atoms with Crippen molar-refractivity contribution in [3.8, 4) is 0 Å². The fourth-order valence-corrected chi connectivity index (χ4v) is 2.34. The molecule has 2 aliphatic rings. The van der Waals surface area contributed by atoms with Crippen molar-refractivity contribution < 1.29 is 0 Å². The Morgan fingerprint density at radius 1 is 1.42 bits per heavy atom. The predicted molar refractivity (Wildman–Crippen MR) is 51.2 cm³/mol. The summed E-state index contributed by atoms with van der Waals surface area (Å²) in [6.45, 7) is 10.8. The minimum absolute atomic E-state index is 0.463. The van der Waals surface area contributed by atoms with E-state index in [2.05, 4.69) is 31.0 Å². The van der Waals surface area contributed by atoms with E-state index < -0.39 is 0 Å². The number of hydrogen-bond acceptors (Lipinski definition) is 2. The van der Waals surface area contributed by atoms with Crippen LogP contribution in [0.25, 0.3) is 0 Å². The summed E-state index contributed by atoms with van der Waals surface area (Å²) in [5.74, 6) is 0. The van der Waals surface area contributed by atoms with E-state index in [-0.39, 0.29) is 0 Å². The fraction of sp³-hybridized carbons (Fsp3) is 1.00. The molecule has 2 fully saturated rings. The molecular formula is C10H20N2. The van der Waals surface area contributed by atoms with Crippen LogP contribution in [0.3, 0.4) is 0 Å². The zero-order valence-electron chi connectivity index (χ0n) is 8.43. The Hall–Kier alpha value is -0.0800. The van der Waals surface area contributed by atoms with Gasteiger partial charge in [-0.25, -0.2) is 0 Å². The summed E-state index contributed by atoms with van der Waals surface area (Å²) in [6, 6.07) is 1.69. The highest BCUT2D eigenvalue weighted by Crippen LogP contribution is 2.27. The lowest BCUT2D eigenvalue weighted by Gasteiger charge is -2.39. The summed E-state index contributed by atoms with van der Waals surface area (Å²) in [6.07, 6.45) is 1.36. The molecule has 1 N–H and O–H groups in total. The molecule has 12 heavy (non-hydrogen) atoms. The first kappa shape index (κ1) is 8.52. The average Bonchev–Trinajstić information content (AvgIpc) is 2.02. The van der Waals surface area contributed by atoms with Crippen LogP contribution < -0.4 is 5.32 Å². The predicted octanol–water partition coefficient (Wildman–Crippen LogP) is 1.08. The van der Waals surface area contributed by atoms with Gasteiger partial charge in [-0.1, -0.05) is 20.8 Å². The normalized spacial score (nSPS) is 36.2. The molecule has 0 aliphatic carbocycles. The standard InChI is InChI=1S/C10H20N2/c1-10(2,3)7-12-5-4-8-9(12)6-11-8/h8-9,11H,4-7H2,1-3H3. The van der Waals surface area contributed by atoms with Crippen LogP contribution in [0.4, 0.5) is 0 Å². The van der Waals surface area contributed by atoms with E-state index >= 15 is 0 Å². The number of fused-ring (bicyclic) bond motifs is 1. The molecule has 2 nitrogen and oxygen atoms in total. The van der Waals surface area contributed by atoms with E-state index in [0.717, 1.165) is 12.1 Å². The highest BCUT2D eigenvalue weighted by Gasteiger charge is 2.41. The molecule has 2 heterocycles. The Bertz CT molecular complexity index is 171. The molecule has 2 saturated heterocycles. The van der Waals surface area contributed by atoms with Crippen LogP contribution in [0.15, 0.2) is 0 Å². The number of likely N-dealkylation sites (tertiary alicyclic amines) is 1. The fourth-order valence-electron chi connectivity index (χ4n) is 2.34. The summed E-state index contributed by atoms with van der Waals surface area (Å²) in [5.41, 5.74) is 0.463. The molecule has 2 rings (SSSR count). The Balaban J connectivity index is 1.89. The van der Waals surface area contributed by atoms with Crippen molar-refractivity contribution in [3.05, 3.63) is 0 Å². The van der Waals surface area contributed by atoms with Crippen LogP contribution >= 0.6 is 0 Å². The number of rotatable bonds is 1. The molecule has 0 spiro atoms. The smallest absolute Gasteiger partial charge is 0.0374 e. The summed E-state index contributed by atoms with van der Waals surface area (Å²) >= 11 is 0. The number of nitrogens with one attached hydrogen (secondary N) is 1. The van der Waals surface area contributed by atoms with Crippen molar-refractivity contribution in [1.29, 1.82) is 0 Å². The van der Waals surface area contributed by atoms with Gasteiger partial charge >= 0.3 is 0 Å². The van der Waals surface area contributed by atoms with Crippen molar-refractivity contribution >= 4 is 0 Å². The summed E-state index contributed by atoms with van der Waals surface area (Å²) in [5, 5.41) is 3.48. The molecule has 0 aromatic rings. The molecule has 0 amide bonds. The van der Waals surface area contributed by atoms with Crippen molar-refractivity contribution in [3.63, 3.8) is 0 Å². The van der Waals surface area contributed by atoms with Crippen LogP contribution in [-0.2, 0) is 0 Å². The van der Waals surface area contributed by atoms with Gasteiger partial charge in [-0.3, -0.25) is 4.90 Å². The maximum Gasteiger partial charge on any atom is 0.0374 e. The summed E-state index contributed by atoms with van der Waals surface area (Å²) in [4.78, 5) is 2.65. The first-order valence-electron chi connectivity index (χ1n) is 5.04. The highest BCUT2D eigenvalue weighted by molar-refractivity contribution is 5.01. The maximum atomic E-state index is 3.48. The Morgan fingerprint density at radius 2 is 2.17 bits per heavy atom. The van der Waals surface area contributed by atoms with E-state index in [9.17, 15) is 0 Å². The highest BCUT2D eigenvalue weighted by atomic mass is 15.3. The average molecular weight is 168 g/mol. The first-order chi connectivity index (χ1) is 5.56. The van der Waals surface area contributed by atoms with Gasteiger partial charge in [-0.05, 0) is 11.8 Å². The summed E-state index contributed by atoms with van der Waals surface area (Å²) in [7, 11) is 0.